The van der Waals surface area contributed by atoms with Crippen LogP contribution in [-0.4, -0.2) is 52.4 Å². The van der Waals surface area contributed by atoms with Gasteiger partial charge in [-0.05, 0) is 39.9 Å². The van der Waals surface area contributed by atoms with Gasteiger partial charge in [0.15, 0.2) is 0 Å². The van der Waals surface area contributed by atoms with Crippen LogP contribution in [-0.2, 0) is 10.0 Å². The van der Waals surface area contributed by atoms with Crippen LogP contribution in [0.15, 0.2) is 0 Å². The lowest BCUT2D eigenvalue weighted by Crippen LogP contribution is -2.29. The molecule has 0 rings (SSSR count). The van der Waals surface area contributed by atoms with Gasteiger partial charge in [-0.25, -0.2) is 13.1 Å². The summed E-state index contributed by atoms with van der Waals surface area (Å²) in [6.07, 6.45) is 3.34. The highest BCUT2D eigenvalue weighted by atomic mass is 32.2. The maximum absolute atomic E-state index is 12.0. The molecule has 0 fully saturated rings. The normalized spacial score (nSPS) is 12.9. The Balaban J connectivity index is 3.39. The zero-order valence-corrected chi connectivity index (χ0v) is 16.5. The fourth-order valence-corrected chi connectivity index (χ4v) is 3.73. The fourth-order valence-electron chi connectivity index (χ4n) is 2.55. The lowest BCUT2D eigenvalue weighted by Gasteiger charge is -2.10. The van der Waals surface area contributed by atoms with Crippen molar-refractivity contribution in [3.8, 4) is 0 Å². The number of hydrogen-bond donors (Lipinski definition) is 1. The van der Waals surface area contributed by atoms with Crippen LogP contribution in [0.25, 0.3) is 0 Å². The van der Waals surface area contributed by atoms with Crippen LogP contribution < -0.4 is 4.72 Å². The molecule has 4 nitrogen and oxygen atoms in total. The standard InChI is InChI=1S/C17H35F3N2O2S/c1-22(2)15-12-14-21-25(23,24)16-11-9-7-5-3-4-6-8-10-13-17(18,19)20/h21H,3-16H2,1-2H3. The van der Waals surface area contributed by atoms with E-state index in [2.05, 4.69) is 4.72 Å². The Labute approximate surface area is 151 Å². The molecule has 0 saturated heterocycles. The Morgan fingerprint density at radius 2 is 1.28 bits per heavy atom. The van der Waals surface area contributed by atoms with Crippen molar-refractivity contribution in [3.63, 3.8) is 0 Å². The van der Waals surface area contributed by atoms with Gasteiger partial charge in [-0.15, -0.1) is 0 Å². The molecule has 0 spiro atoms. The monoisotopic (exact) mass is 388 g/mol. The molecular weight excluding hydrogens is 353 g/mol. The zero-order valence-electron chi connectivity index (χ0n) is 15.7. The molecule has 0 amide bonds. The number of alkyl halides is 3. The van der Waals surface area contributed by atoms with Crippen molar-refractivity contribution in [3.05, 3.63) is 0 Å². The Morgan fingerprint density at radius 1 is 0.800 bits per heavy atom. The minimum atomic E-state index is -4.03. The van der Waals surface area contributed by atoms with Gasteiger partial charge in [-0.2, -0.15) is 13.2 Å². The smallest absolute Gasteiger partial charge is 0.309 e. The maximum atomic E-state index is 12.0. The van der Waals surface area contributed by atoms with Crippen molar-refractivity contribution < 1.29 is 21.6 Å². The van der Waals surface area contributed by atoms with Gasteiger partial charge in [-0.1, -0.05) is 44.9 Å². The topological polar surface area (TPSA) is 49.4 Å². The molecule has 0 heterocycles. The highest BCUT2D eigenvalue weighted by molar-refractivity contribution is 7.89. The number of nitrogens with zero attached hydrogens (tertiary/aromatic N) is 1. The van der Waals surface area contributed by atoms with Gasteiger partial charge in [-0.3, -0.25) is 0 Å². The highest BCUT2D eigenvalue weighted by Gasteiger charge is 2.25. The van der Waals surface area contributed by atoms with E-state index in [0.717, 1.165) is 51.5 Å². The number of rotatable bonds is 16. The van der Waals surface area contributed by atoms with E-state index in [1.165, 1.54) is 0 Å². The molecule has 1 N–H and O–H groups in total. The summed E-state index contributed by atoms with van der Waals surface area (Å²) in [7, 11) is 0.751. The summed E-state index contributed by atoms with van der Waals surface area (Å²) in [4.78, 5) is 2.02. The van der Waals surface area contributed by atoms with E-state index in [0.29, 0.717) is 19.4 Å². The predicted octanol–water partition coefficient (Wildman–Crippen LogP) is 4.32. The number of nitrogens with one attached hydrogen (secondary N) is 1. The predicted molar refractivity (Wildman–Crippen MR) is 97.2 cm³/mol. The molecule has 0 aliphatic heterocycles. The minimum Gasteiger partial charge on any atom is -0.309 e. The van der Waals surface area contributed by atoms with Crippen LogP contribution in [0, 0.1) is 0 Å². The minimum absolute atomic E-state index is 0.173. The first-order valence-corrected chi connectivity index (χ1v) is 11.0. The Bertz CT molecular complexity index is 413. The Hall–Kier alpha value is -0.340. The van der Waals surface area contributed by atoms with Crippen molar-refractivity contribution in [2.24, 2.45) is 0 Å². The average Bonchev–Trinajstić information content (AvgIpc) is 2.48. The van der Waals surface area contributed by atoms with Crippen LogP contribution in [0.5, 0.6) is 0 Å². The SMILES string of the molecule is CN(C)CCCNS(=O)(=O)CCCCCCCCCCCC(F)(F)F. The average molecular weight is 389 g/mol. The first-order chi connectivity index (χ1) is 11.6. The number of unbranched alkanes of at least 4 members (excludes halogenated alkanes) is 8. The fraction of sp³-hybridized carbons (Fsp3) is 1.00. The summed E-state index contributed by atoms with van der Waals surface area (Å²) in [5.41, 5.74) is 0. The van der Waals surface area contributed by atoms with Crippen LogP contribution >= 0.6 is 0 Å². The van der Waals surface area contributed by atoms with Crippen molar-refractivity contribution >= 4 is 10.0 Å². The van der Waals surface area contributed by atoms with Crippen LogP contribution in [0.3, 0.4) is 0 Å². The van der Waals surface area contributed by atoms with Gasteiger partial charge < -0.3 is 4.90 Å². The molecule has 0 bridgehead atoms. The van der Waals surface area contributed by atoms with Crippen molar-refractivity contribution in [1.82, 2.24) is 9.62 Å². The van der Waals surface area contributed by atoms with Crippen LogP contribution in [0.1, 0.15) is 70.6 Å². The molecule has 25 heavy (non-hydrogen) atoms. The van der Waals surface area contributed by atoms with Crippen molar-refractivity contribution in [2.45, 2.75) is 76.8 Å². The Kier molecular flexibility index (Phi) is 13.6. The summed E-state index contributed by atoms with van der Waals surface area (Å²) in [6, 6.07) is 0. The molecule has 0 aromatic rings. The van der Waals surface area contributed by atoms with Crippen molar-refractivity contribution in [2.75, 3.05) is 32.9 Å². The van der Waals surface area contributed by atoms with Crippen LogP contribution in [0.2, 0.25) is 0 Å². The first-order valence-electron chi connectivity index (χ1n) is 9.31. The molecule has 0 aliphatic carbocycles. The van der Waals surface area contributed by atoms with Gasteiger partial charge in [0.2, 0.25) is 10.0 Å². The van der Waals surface area contributed by atoms with Gasteiger partial charge >= 0.3 is 6.18 Å². The molecule has 0 aromatic heterocycles. The van der Waals surface area contributed by atoms with Gasteiger partial charge in [0, 0.05) is 13.0 Å². The number of halogens is 3. The molecule has 152 valence electrons. The van der Waals surface area contributed by atoms with E-state index >= 15 is 0 Å². The number of hydrogen-bond acceptors (Lipinski definition) is 3. The van der Waals surface area contributed by atoms with Crippen molar-refractivity contribution in [1.29, 1.82) is 0 Å². The van der Waals surface area contributed by atoms with Gasteiger partial charge in [0.1, 0.15) is 0 Å². The second-order valence-electron chi connectivity index (χ2n) is 6.92. The quantitative estimate of drug-likeness (QED) is 0.401. The summed E-state index contributed by atoms with van der Waals surface area (Å²) < 4.78 is 62.0. The third-order valence-corrected chi connectivity index (χ3v) is 5.45. The lowest BCUT2D eigenvalue weighted by molar-refractivity contribution is -0.135. The van der Waals surface area contributed by atoms with E-state index in [-0.39, 0.29) is 12.2 Å². The summed E-state index contributed by atoms with van der Waals surface area (Å²) in [6.45, 7) is 1.34. The van der Waals surface area contributed by atoms with E-state index in [4.69, 9.17) is 0 Å². The molecule has 0 atom stereocenters. The maximum Gasteiger partial charge on any atom is 0.389 e. The molecule has 0 saturated carbocycles. The summed E-state index contributed by atoms with van der Waals surface area (Å²) in [5.74, 6) is 0.173. The van der Waals surface area contributed by atoms with E-state index in [1.807, 2.05) is 19.0 Å². The highest BCUT2D eigenvalue weighted by Crippen LogP contribution is 2.23. The molecular formula is C17H35F3N2O2S. The molecule has 8 heteroatoms. The first kappa shape index (κ1) is 24.7. The molecule has 0 aliphatic rings. The second-order valence-corrected chi connectivity index (χ2v) is 8.84. The zero-order chi connectivity index (χ0) is 19.2. The van der Waals surface area contributed by atoms with Gasteiger partial charge in [0.05, 0.1) is 5.75 Å². The third-order valence-electron chi connectivity index (χ3n) is 3.98. The largest absolute Gasteiger partial charge is 0.389 e. The third kappa shape index (κ3) is 19.8. The molecule has 0 unspecified atom stereocenters. The summed E-state index contributed by atoms with van der Waals surface area (Å²) in [5, 5.41) is 0. The molecule has 0 radical (unpaired) electrons. The number of sulfonamides is 1. The van der Waals surface area contributed by atoms with Crippen LogP contribution in [0.4, 0.5) is 13.2 Å². The lowest BCUT2D eigenvalue weighted by atomic mass is 10.1. The van der Waals surface area contributed by atoms with E-state index in [1.54, 1.807) is 0 Å². The second kappa shape index (κ2) is 13.8. The molecule has 0 aromatic carbocycles. The van der Waals surface area contributed by atoms with E-state index in [9.17, 15) is 21.6 Å². The van der Waals surface area contributed by atoms with E-state index < -0.39 is 22.6 Å². The Morgan fingerprint density at radius 3 is 1.76 bits per heavy atom. The van der Waals surface area contributed by atoms with Gasteiger partial charge in [0.25, 0.3) is 0 Å². The summed E-state index contributed by atoms with van der Waals surface area (Å²) >= 11 is 0.